The Balaban J connectivity index is 2.49. The molecular weight excluding hydrogens is 284 g/mol. The lowest BCUT2D eigenvalue weighted by molar-refractivity contribution is 0.643. The van der Waals surface area contributed by atoms with Gasteiger partial charge in [-0.15, -0.1) is 0 Å². The van der Waals surface area contributed by atoms with Crippen LogP contribution in [0.25, 0.3) is 0 Å². The minimum absolute atomic E-state index is 0.885. The summed E-state index contributed by atoms with van der Waals surface area (Å²) < 4.78 is 1.15. The maximum atomic E-state index is 6.02. The fraction of sp³-hybridized carbons (Fsp3) is 0.333. The minimum atomic E-state index is 0.885. The van der Waals surface area contributed by atoms with Crippen molar-refractivity contribution < 1.29 is 0 Å². The SMILES string of the molecule is Clc1cc2c(cc1I)CNCC2. The molecule has 0 atom stereocenters. The molecule has 0 unspecified atom stereocenters. The maximum absolute atomic E-state index is 6.02. The molecule has 0 saturated heterocycles. The molecular formula is C9H9ClIN. The van der Waals surface area contributed by atoms with E-state index in [1.165, 1.54) is 11.1 Å². The highest BCUT2D eigenvalue weighted by atomic mass is 127. The topological polar surface area (TPSA) is 12.0 Å². The molecule has 1 aromatic carbocycles. The van der Waals surface area contributed by atoms with E-state index in [1.54, 1.807) is 0 Å². The number of nitrogens with one attached hydrogen (secondary N) is 1. The van der Waals surface area contributed by atoms with Crippen molar-refractivity contribution in [3.05, 3.63) is 31.9 Å². The molecule has 0 fully saturated rings. The summed E-state index contributed by atoms with van der Waals surface area (Å²) in [4.78, 5) is 0. The highest BCUT2D eigenvalue weighted by Gasteiger charge is 2.10. The van der Waals surface area contributed by atoms with Crippen LogP contribution in [0, 0.1) is 3.57 Å². The van der Waals surface area contributed by atoms with E-state index in [2.05, 4.69) is 40.0 Å². The zero-order chi connectivity index (χ0) is 8.55. The van der Waals surface area contributed by atoms with Gasteiger partial charge in [-0.2, -0.15) is 0 Å². The van der Waals surface area contributed by atoms with Gasteiger partial charge < -0.3 is 5.32 Å². The smallest absolute Gasteiger partial charge is 0.0542 e. The van der Waals surface area contributed by atoms with Crippen LogP contribution in [0.3, 0.4) is 0 Å². The Morgan fingerprint density at radius 2 is 2.17 bits per heavy atom. The minimum Gasteiger partial charge on any atom is -0.312 e. The zero-order valence-corrected chi connectivity index (χ0v) is 9.45. The van der Waals surface area contributed by atoms with Crippen LogP contribution in [-0.4, -0.2) is 6.54 Å². The van der Waals surface area contributed by atoms with Gasteiger partial charge >= 0.3 is 0 Å². The first-order chi connectivity index (χ1) is 5.77. The molecule has 2 rings (SSSR count). The van der Waals surface area contributed by atoms with Gasteiger partial charge in [-0.05, 0) is 58.8 Å². The summed E-state index contributed by atoms with van der Waals surface area (Å²) in [7, 11) is 0. The summed E-state index contributed by atoms with van der Waals surface area (Å²) >= 11 is 8.29. The molecule has 0 spiro atoms. The third-order valence-corrected chi connectivity index (χ3v) is 3.65. The average Bonchev–Trinajstić information content (AvgIpc) is 2.07. The Morgan fingerprint density at radius 1 is 1.33 bits per heavy atom. The van der Waals surface area contributed by atoms with Gasteiger partial charge in [0.2, 0.25) is 0 Å². The van der Waals surface area contributed by atoms with Gasteiger partial charge in [0.25, 0.3) is 0 Å². The van der Waals surface area contributed by atoms with Crippen molar-refractivity contribution in [3.8, 4) is 0 Å². The third kappa shape index (κ3) is 1.60. The van der Waals surface area contributed by atoms with E-state index in [1.807, 2.05) is 0 Å². The summed E-state index contributed by atoms with van der Waals surface area (Å²) in [6.07, 6.45) is 1.10. The predicted octanol–water partition coefficient (Wildman–Crippen LogP) is 2.59. The van der Waals surface area contributed by atoms with Gasteiger partial charge in [0.05, 0.1) is 5.02 Å². The molecule has 1 N–H and O–H groups in total. The van der Waals surface area contributed by atoms with E-state index in [9.17, 15) is 0 Å². The largest absolute Gasteiger partial charge is 0.312 e. The molecule has 0 saturated carbocycles. The van der Waals surface area contributed by atoms with Crippen LogP contribution in [-0.2, 0) is 13.0 Å². The first-order valence-electron chi connectivity index (χ1n) is 3.95. The lowest BCUT2D eigenvalue weighted by Gasteiger charge is -2.17. The van der Waals surface area contributed by atoms with E-state index in [4.69, 9.17) is 11.6 Å². The van der Waals surface area contributed by atoms with Crippen molar-refractivity contribution in [3.63, 3.8) is 0 Å². The second-order valence-electron chi connectivity index (χ2n) is 2.96. The second kappa shape index (κ2) is 3.52. The highest BCUT2D eigenvalue weighted by Crippen LogP contribution is 2.24. The summed E-state index contributed by atoms with van der Waals surface area (Å²) in [5.41, 5.74) is 2.80. The van der Waals surface area contributed by atoms with Crippen LogP contribution < -0.4 is 5.32 Å². The summed E-state index contributed by atoms with van der Waals surface area (Å²) in [5, 5.41) is 4.23. The summed E-state index contributed by atoms with van der Waals surface area (Å²) in [6.45, 7) is 2.06. The number of benzene rings is 1. The first-order valence-corrected chi connectivity index (χ1v) is 5.40. The molecule has 1 aliphatic rings. The molecule has 0 amide bonds. The van der Waals surface area contributed by atoms with E-state index in [0.29, 0.717) is 0 Å². The summed E-state index contributed by atoms with van der Waals surface area (Å²) in [6, 6.07) is 4.27. The quantitative estimate of drug-likeness (QED) is 0.725. The third-order valence-electron chi connectivity index (χ3n) is 2.13. The van der Waals surface area contributed by atoms with E-state index < -0.39 is 0 Å². The molecule has 1 nitrogen and oxygen atoms in total. The lowest BCUT2D eigenvalue weighted by atomic mass is 10.0. The van der Waals surface area contributed by atoms with Crippen molar-refractivity contribution in [2.75, 3.05) is 6.54 Å². The zero-order valence-electron chi connectivity index (χ0n) is 6.53. The van der Waals surface area contributed by atoms with Crippen molar-refractivity contribution in [2.45, 2.75) is 13.0 Å². The number of rotatable bonds is 0. The molecule has 64 valence electrons. The van der Waals surface area contributed by atoms with E-state index in [-0.39, 0.29) is 0 Å². The molecule has 0 radical (unpaired) electrons. The number of fused-ring (bicyclic) bond motifs is 1. The summed E-state index contributed by atoms with van der Waals surface area (Å²) in [5.74, 6) is 0. The Bertz CT molecular complexity index is 281. The molecule has 0 bridgehead atoms. The second-order valence-corrected chi connectivity index (χ2v) is 4.53. The Hall–Kier alpha value is 0.200. The Labute approximate surface area is 90.6 Å². The van der Waals surface area contributed by atoms with Crippen LogP contribution in [0.1, 0.15) is 11.1 Å². The van der Waals surface area contributed by atoms with E-state index >= 15 is 0 Å². The molecule has 1 aromatic rings. The highest BCUT2D eigenvalue weighted by molar-refractivity contribution is 14.1. The van der Waals surface area contributed by atoms with Gasteiger partial charge in [-0.3, -0.25) is 0 Å². The fourth-order valence-corrected chi connectivity index (χ4v) is 2.19. The molecule has 0 aromatic heterocycles. The molecule has 3 heteroatoms. The number of halogens is 2. The predicted molar refractivity (Wildman–Crippen MR) is 59.6 cm³/mol. The van der Waals surface area contributed by atoms with Gasteiger partial charge in [0.15, 0.2) is 0 Å². The molecule has 1 heterocycles. The van der Waals surface area contributed by atoms with Crippen LogP contribution in [0.2, 0.25) is 5.02 Å². The maximum Gasteiger partial charge on any atom is 0.0542 e. The van der Waals surface area contributed by atoms with Gasteiger partial charge in [0.1, 0.15) is 0 Å². The van der Waals surface area contributed by atoms with Crippen LogP contribution in [0.4, 0.5) is 0 Å². The molecule has 0 aliphatic carbocycles. The first kappa shape index (κ1) is 8.78. The fourth-order valence-electron chi connectivity index (χ4n) is 1.47. The van der Waals surface area contributed by atoms with Crippen molar-refractivity contribution >= 4 is 34.2 Å². The van der Waals surface area contributed by atoms with Crippen LogP contribution >= 0.6 is 34.2 Å². The van der Waals surface area contributed by atoms with Crippen molar-refractivity contribution in [2.24, 2.45) is 0 Å². The standard InChI is InChI=1S/C9H9ClIN/c10-8-3-6-1-2-12-5-7(6)4-9(8)11/h3-4,12H,1-2,5H2. The Kier molecular flexibility index (Phi) is 2.57. The number of hydrogen-bond acceptors (Lipinski definition) is 1. The molecule has 12 heavy (non-hydrogen) atoms. The molecule has 1 aliphatic heterocycles. The van der Waals surface area contributed by atoms with Crippen molar-refractivity contribution in [1.82, 2.24) is 5.32 Å². The van der Waals surface area contributed by atoms with Gasteiger partial charge in [-0.1, -0.05) is 11.6 Å². The number of hydrogen-bond donors (Lipinski definition) is 1. The van der Waals surface area contributed by atoms with Crippen LogP contribution in [0.5, 0.6) is 0 Å². The van der Waals surface area contributed by atoms with Gasteiger partial charge in [-0.25, -0.2) is 0 Å². The average molecular weight is 294 g/mol. The van der Waals surface area contributed by atoms with E-state index in [0.717, 1.165) is 28.1 Å². The monoisotopic (exact) mass is 293 g/mol. The lowest BCUT2D eigenvalue weighted by Crippen LogP contribution is -2.23. The van der Waals surface area contributed by atoms with Crippen LogP contribution in [0.15, 0.2) is 12.1 Å². The van der Waals surface area contributed by atoms with Crippen molar-refractivity contribution in [1.29, 1.82) is 0 Å². The normalized spacial score (nSPS) is 15.8. The van der Waals surface area contributed by atoms with Gasteiger partial charge in [0, 0.05) is 10.1 Å². The Morgan fingerprint density at radius 3 is 3.00 bits per heavy atom.